The molecule has 6 nitrogen and oxygen atoms in total. The highest BCUT2D eigenvalue weighted by molar-refractivity contribution is 14.0. The van der Waals surface area contributed by atoms with Crippen molar-refractivity contribution in [3.05, 3.63) is 0 Å². The molecule has 0 aliphatic heterocycles. The van der Waals surface area contributed by atoms with E-state index in [1.807, 2.05) is 14.1 Å². The summed E-state index contributed by atoms with van der Waals surface area (Å²) in [6.07, 6.45) is 5.34. The maximum atomic E-state index is 12.6. The Balaban J connectivity index is 0.00000576. The number of guanidine groups is 1. The minimum atomic E-state index is -0.269. The summed E-state index contributed by atoms with van der Waals surface area (Å²) in [5, 5.41) is 6.74. The third-order valence-corrected chi connectivity index (χ3v) is 5.34. The second kappa shape index (κ2) is 11.9. The van der Waals surface area contributed by atoms with Gasteiger partial charge < -0.3 is 20.4 Å². The van der Waals surface area contributed by atoms with E-state index < -0.39 is 0 Å². The van der Waals surface area contributed by atoms with E-state index in [9.17, 15) is 4.79 Å². The van der Waals surface area contributed by atoms with Crippen LogP contribution in [0.5, 0.6) is 0 Å². The van der Waals surface area contributed by atoms with E-state index >= 15 is 0 Å². The van der Waals surface area contributed by atoms with E-state index in [1.54, 1.807) is 11.9 Å². The summed E-state index contributed by atoms with van der Waals surface area (Å²) < 4.78 is 0. The number of aliphatic imine (C=N–C) groups is 1. The number of likely N-dealkylation sites (N-methyl/N-ethyl adjacent to an activating group) is 1. The van der Waals surface area contributed by atoms with Crippen molar-refractivity contribution in [3.8, 4) is 0 Å². The Bertz CT molecular complexity index is 422. The predicted octanol–water partition coefficient (Wildman–Crippen LogP) is 2.15. The van der Waals surface area contributed by atoms with E-state index in [2.05, 4.69) is 41.4 Å². The van der Waals surface area contributed by atoms with E-state index in [4.69, 9.17) is 0 Å². The van der Waals surface area contributed by atoms with Crippen LogP contribution in [0.4, 0.5) is 0 Å². The normalized spacial score (nSPS) is 17.8. The first-order valence-electron chi connectivity index (χ1n) is 9.23. The van der Waals surface area contributed by atoms with E-state index in [1.165, 1.54) is 0 Å². The van der Waals surface area contributed by atoms with Gasteiger partial charge in [-0.3, -0.25) is 9.79 Å². The lowest BCUT2D eigenvalue weighted by Gasteiger charge is -2.31. The molecule has 1 aliphatic rings. The molecule has 1 atom stereocenters. The molecule has 1 rings (SSSR count). The summed E-state index contributed by atoms with van der Waals surface area (Å²) in [5.74, 6) is 1.02. The fourth-order valence-corrected chi connectivity index (χ4v) is 3.35. The molecule has 25 heavy (non-hydrogen) atoms. The minimum absolute atomic E-state index is 0. The largest absolute Gasteiger partial charge is 0.355 e. The molecule has 0 bridgehead atoms. The molecule has 1 unspecified atom stereocenters. The third kappa shape index (κ3) is 7.29. The highest BCUT2D eigenvalue weighted by atomic mass is 127. The van der Waals surface area contributed by atoms with Crippen molar-refractivity contribution in [2.75, 3.05) is 47.8 Å². The number of hydrogen-bond acceptors (Lipinski definition) is 3. The van der Waals surface area contributed by atoms with Crippen LogP contribution >= 0.6 is 24.0 Å². The molecule has 0 aromatic heterocycles. The molecule has 1 saturated carbocycles. The first-order valence-corrected chi connectivity index (χ1v) is 9.23. The predicted molar refractivity (Wildman–Crippen MR) is 117 cm³/mol. The number of halogens is 1. The molecule has 1 fully saturated rings. The van der Waals surface area contributed by atoms with Gasteiger partial charge in [0.2, 0.25) is 5.91 Å². The monoisotopic (exact) mass is 467 g/mol. The van der Waals surface area contributed by atoms with Crippen LogP contribution in [0, 0.1) is 5.41 Å². The van der Waals surface area contributed by atoms with Crippen LogP contribution < -0.4 is 10.6 Å². The quantitative estimate of drug-likeness (QED) is 0.326. The molecule has 1 amide bonds. The number of amides is 1. The smallest absolute Gasteiger partial charge is 0.230 e. The van der Waals surface area contributed by atoms with Crippen molar-refractivity contribution in [3.63, 3.8) is 0 Å². The maximum Gasteiger partial charge on any atom is 0.230 e. The van der Waals surface area contributed by atoms with Crippen molar-refractivity contribution in [2.45, 2.75) is 52.0 Å². The lowest BCUT2D eigenvalue weighted by Crippen LogP contribution is -2.50. The summed E-state index contributed by atoms with van der Waals surface area (Å²) in [4.78, 5) is 21.0. The van der Waals surface area contributed by atoms with Crippen molar-refractivity contribution >= 4 is 35.8 Å². The van der Waals surface area contributed by atoms with Crippen molar-refractivity contribution in [1.29, 1.82) is 0 Å². The second-order valence-electron chi connectivity index (χ2n) is 7.28. The second-order valence-corrected chi connectivity index (χ2v) is 7.28. The van der Waals surface area contributed by atoms with Crippen molar-refractivity contribution in [2.24, 2.45) is 10.4 Å². The number of carbonyl (C=O) groups is 1. The van der Waals surface area contributed by atoms with Gasteiger partial charge in [-0.2, -0.15) is 0 Å². The highest BCUT2D eigenvalue weighted by Gasteiger charge is 2.42. The van der Waals surface area contributed by atoms with Crippen LogP contribution in [-0.2, 0) is 4.79 Å². The van der Waals surface area contributed by atoms with Gasteiger partial charge in [0.1, 0.15) is 0 Å². The maximum absolute atomic E-state index is 12.6. The van der Waals surface area contributed by atoms with Gasteiger partial charge in [0.05, 0.1) is 5.41 Å². The van der Waals surface area contributed by atoms with Gasteiger partial charge >= 0.3 is 0 Å². The zero-order valence-corrected chi connectivity index (χ0v) is 19.2. The summed E-state index contributed by atoms with van der Waals surface area (Å²) in [7, 11) is 7.62. The van der Waals surface area contributed by atoms with Crippen LogP contribution in [0.25, 0.3) is 0 Å². The zero-order valence-electron chi connectivity index (χ0n) is 16.9. The van der Waals surface area contributed by atoms with Gasteiger partial charge in [0, 0.05) is 46.8 Å². The average molecular weight is 467 g/mol. The number of rotatable bonds is 8. The van der Waals surface area contributed by atoms with Gasteiger partial charge in [-0.05, 0) is 33.2 Å². The molecule has 0 aromatic carbocycles. The Morgan fingerprint density at radius 3 is 2.28 bits per heavy atom. The number of nitrogens with one attached hydrogen (secondary N) is 2. The Hall–Kier alpha value is -0.570. The molecular formula is C18H38IN5O. The standard InChI is InChI=1S/C18H37N5O.HI/c1-7-15(2)23(6)13-12-20-17(19-3)21-14-18(10-8-9-11-18)16(24)22(4)5;/h15H,7-14H2,1-6H3,(H2,19,20,21);1H. The van der Waals surface area contributed by atoms with Crippen LogP contribution in [0.3, 0.4) is 0 Å². The number of carbonyl (C=O) groups excluding carboxylic acids is 1. The van der Waals surface area contributed by atoms with Gasteiger partial charge in [-0.15, -0.1) is 24.0 Å². The summed E-state index contributed by atoms with van der Waals surface area (Å²) in [6.45, 7) is 6.92. The fourth-order valence-electron chi connectivity index (χ4n) is 3.35. The summed E-state index contributed by atoms with van der Waals surface area (Å²) in [6, 6.07) is 0.584. The van der Waals surface area contributed by atoms with Crippen LogP contribution in [0.1, 0.15) is 46.0 Å². The highest BCUT2D eigenvalue weighted by Crippen LogP contribution is 2.38. The van der Waals surface area contributed by atoms with Crippen molar-refractivity contribution in [1.82, 2.24) is 20.4 Å². The molecule has 148 valence electrons. The molecule has 0 saturated heterocycles. The van der Waals surface area contributed by atoms with Gasteiger partial charge in [0.15, 0.2) is 5.96 Å². The molecule has 0 heterocycles. The van der Waals surface area contributed by atoms with E-state index in [0.717, 1.165) is 51.2 Å². The number of nitrogens with zero attached hydrogens (tertiary/aromatic N) is 3. The molecule has 2 N–H and O–H groups in total. The Morgan fingerprint density at radius 2 is 1.80 bits per heavy atom. The molecule has 0 aromatic rings. The van der Waals surface area contributed by atoms with Crippen LogP contribution in [0.15, 0.2) is 4.99 Å². The first-order chi connectivity index (χ1) is 11.4. The topological polar surface area (TPSA) is 60.0 Å². The molecule has 1 aliphatic carbocycles. The fraction of sp³-hybridized carbons (Fsp3) is 0.889. The summed E-state index contributed by atoms with van der Waals surface area (Å²) in [5.41, 5.74) is -0.269. The number of hydrogen-bond donors (Lipinski definition) is 2. The SMILES string of the molecule is CCC(C)N(C)CCNC(=NC)NCC1(C(=O)N(C)C)CCCC1.I. The van der Waals surface area contributed by atoms with Gasteiger partial charge in [0.25, 0.3) is 0 Å². The lowest BCUT2D eigenvalue weighted by molar-refractivity contribution is -0.138. The van der Waals surface area contributed by atoms with Crippen molar-refractivity contribution < 1.29 is 4.79 Å². The Morgan fingerprint density at radius 1 is 1.20 bits per heavy atom. The summed E-state index contributed by atoms with van der Waals surface area (Å²) >= 11 is 0. The van der Waals surface area contributed by atoms with Crippen LogP contribution in [0.2, 0.25) is 0 Å². The van der Waals surface area contributed by atoms with Crippen LogP contribution in [-0.4, -0.2) is 75.5 Å². The van der Waals surface area contributed by atoms with E-state index in [0.29, 0.717) is 12.6 Å². The van der Waals surface area contributed by atoms with Gasteiger partial charge in [-0.1, -0.05) is 19.8 Å². The molecule has 0 spiro atoms. The molecule has 0 radical (unpaired) electrons. The Labute approximate surface area is 171 Å². The van der Waals surface area contributed by atoms with Gasteiger partial charge in [-0.25, -0.2) is 0 Å². The minimum Gasteiger partial charge on any atom is -0.355 e. The Kier molecular flexibility index (Phi) is 11.7. The zero-order chi connectivity index (χ0) is 18.2. The third-order valence-electron chi connectivity index (χ3n) is 5.34. The average Bonchev–Trinajstić information content (AvgIpc) is 3.06. The lowest BCUT2D eigenvalue weighted by atomic mass is 9.84. The van der Waals surface area contributed by atoms with E-state index in [-0.39, 0.29) is 35.3 Å². The molecular weight excluding hydrogens is 429 g/mol. The first kappa shape index (κ1) is 24.4. The molecule has 7 heteroatoms.